The molecule has 13 heteroatoms. The third kappa shape index (κ3) is 10.00. The van der Waals surface area contributed by atoms with E-state index in [1.165, 1.54) is 20.3 Å². The third-order valence-corrected chi connectivity index (χ3v) is 10.7. The third-order valence-electron chi connectivity index (χ3n) is 10.7. The van der Waals surface area contributed by atoms with Crippen LogP contribution >= 0.6 is 0 Å². The van der Waals surface area contributed by atoms with Crippen molar-refractivity contribution in [2.24, 2.45) is 23.7 Å². The summed E-state index contributed by atoms with van der Waals surface area (Å²) in [5, 5.41) is 21.8. The number of epoxide rings is 1. The maximum atomic E-state index is 13.4. The van der Waals surface area contributed by atoms with Crippen LogP contribution in [0.2, 0.25) is 0 Å². The average Bonchev–Trinajstić information content (AvgIpc) is 3.85. The molecule has 0 radical (unpaired) electrons. The van der Waals surface area contributed by atoms with Crippen molar-refractivity contribution in [1.82, 2.24) is 4.90 Å². The number of esters is 1. The number of cyclic esters (lactones) is 1. The topological polar surface area (TPSA) is 155 Å². The molecule has 50 heavy (non-hydrogen) atoms. The number of carbonyl (C=O) groups excluding carboxylic acids is 2. The molecule has 4 heterocycles. The van der Waals surface area contributed by atoms with Crippen molar-refractivity contribution in [2.45, 2.75) is 140 Å². The Bertz CT molecular complexity index is 1170. The lowest BCUT2D eigenvalue weighted by molar-refractivity contribution is -0.305. The first-order valence-corrected chi connectivity index (χ1v) is 18.1. The van der Waals surface area contributed by atoms with Crippen molar-refractivity contribution >= 4 is 11.8 Å². The van der Waals surface area contributed by atoms with E-state index in [1.807, 2.05) is 53.6 Å². The minimum Gasteiger partial charge on any atom is -0.459 e. The highest BCUT2D eigenvalue weighted by atomic mass is 16.7. The fourth-order valence-electron chi connectivity index (χ4n) is 7.64. The minimum absolute atomic E-state index is 0.0293. The zero-order valence-electron chi connectivity index (χ0n) is 31.4. The van der Waals surface area contributed by atoms with Crippen LogP contribution in [0.25, 0.3) is 0 Å². The summed E-state index contributed by atoms with van der Waals surface area (Å²) in [5.41, 5.74) is 0. The molecule has 2 N–H and O–H groups in total. The van der Waals surface area contributed by atoms with E-state index in [0.717, 1.165) is 0 Å². The number of methoxy groups -OCH3 is 2. The molecule has 4 aliphatic heterocycles. The molecule has 0 aliphatic carbocycles. The number of ether oxygens (including phenoxy) is 8. The quantitative estimate of drug-likeness (QED) is 0.266. The van der Waals surface area contributed by atoms with Gasteiger partial charge < -0.3 is 53.0 Å². The van der Waals surface area contributed by atoms with Gasteiger partial charge >= 0.3 is 5.97 Å². The highest BCUT2D eigenvalue weighted by molar-refractivity contribution is 5.91. The van der Waals surface area contributed by atoms with Crippen molar-refractivity contribution < 1.29 is 57.7 Å². The van der Waals surface area contributed by atoms with E-state index >= 15 is 0 Å². The molecule has 0 unspecified atom stereocenters. The Morgan fingerprint density at radius 2 is 1.56 bits per heavy atom. The molecule has 13 nitrogen and oxygen atoms in total. The number of hydrogen-bond donors (Lipinski definition) is 2. The van der Waals surface area contributed by atoms with E-state index in [-0.39, 0.29) is 54.5 Å². The number of hydrogen-bond acceptors (Lipinski definition) is 13. The largest absolute Gasteiger partial charge is 0.459 e. The minimum atomic E-state index is -0.904. The van der Waals surface area contributed by atoms with Gasteiger partial charge in [-0.25, -0.2) is 4.79 Å². The molecule has 4 aliphatic rings. The lowest BCUT2D eigenvalue weighted by atomic mass is 9.84. The van der Waals surface area contributed by atoms with Crippen LogP contribution in [-0.2, 0) is 47.5 Å². The SMILES string of the molecule is CC[C@H]1OC(=O)/C=C/[C@H](C)[C@@H](O[C@@H]2O[C@H](C)C[C@H](N(C)C)[C@@H]2O)[C@H](C)C[C@@H](C)C(=O)/C=C/[C@H]2O[C@@H]2[C@@H]1CO[C@@H]1O[C@H](C)[C@H](O)[C@H](OC)[C@H]1OC. The monoisotopic (exact) mass is 711 g/mol. The fraction of sp³-hybridized carbons (Fsp3) is 0.838. The van der Waals surface area contributed by atoms with Gasteiger partial charge in [0, 0.05) is 44.1 Å². The Labute approximate surface area is 297 Å². The molecular formula is C37H61NO12. The zero-order chi connectivity index (χ0) is 36.9. The molecule has 0 spiro atoms. The van der Waals surface area contributed by atoms with Gasteiger partial charge in [-0.3, -0.25) is 4.79 Å². The first-order valence-electron chi connectivity index (χ1n) is 18.1. The average molecular weight is 712 g/mol. The summed E-state index contributed by atoms with van der Waals surface area (Å²) < 4.78 is 48.1. The predicted octanol–water partition coefficient (Wildman–Crippen LogP) is 2.65. The van der Waals surface area contributed by atoms with Gasteiger partial charge in [-0.1, -0.05) is 33.8 Å². The van der Waals surface area contributed by atoms with Crippen molar-refractivity contribution in [3.8, 4) is 0 Å². The molecule has 286 valence electrons. The van der Waals surface area contributed by atoms with E-state index in [2.05, 4.69) is 0 Å². The Kier molecular flexibility index (Phi) is 15.0. The van der Waals surface area contributed by atoms with Gasteiger partial charge in [-0.05, 0) is 65.3 Å². The first kappa shape index (κ1) is 41.0. The zero-order valence-corrected chi connectivity index (χ0v) is 31.4. The van der Waals surface area contributed by atoms with Crippen LogP contribution in [0.1, 0.15) is 60.8 Å². The second-order valence-electron chi connectivity index (χ2n) is 14.8. The Hall–Kier alpha value is -1.78. The van der Waals surface area contributed by atoms with Crippen LogP contribution in [-0.4, -0.2) is 141 Å². The molecular weight excluding hydrogens is 650 g/mol. The summed E-state index contributed by atoms with van der Waals surface area (Å²) in [7, 11) is 6.85. The number of aliphatic hydroxyl groups excluding tert-OH is 2. The number of aliphatic hydroxyl groups is 2. The van der Waals surface area contributed by atoms with Gasteiger partial charge in [0.25, 0.3) is 0 Å². The Morgan fingerprint density at radius 1 is 0.860 bits per heavy atom. The Morgan fingerprint density at radius 3 is 2.20 bits per heavy atom. The van der Waals surface area contributed by atoms with E-state index in [9.17, 15) is 19.8 Å². The van der Waals surface area contributed by atoms with Gasteiger partial charge in [0.05, 0.1) is 31.0 Å². The summed E-state index contributed by atoms with van der Waals surface area (Å²) in [4.78, 5) is 28.7. The van der Waals surface area contributed by atoms with Gasteiger partial charge in [0.15, 0.2) is 18.4 Å². The summed E-state index contributed by atoms with van der Waals surface area (Å²) in [6.07, 6.45) is 0.848. The van der Waals surface area contributed by atoms with Crippen LogP contribution in [0.4, 0.5) is 0 Å². The molecule has 4 rings (SSSR count). The second-order valence-corrected chi connectivity index (χ2v) is 14.8. The van der Waals surface area contributed by atoms with E-state index in [4.69, 9.17) is 37.9 Å². The van der Waals surface area contributed by atoms with E-state index in [0.29, 0.717) is 19.3 Å². The van der Waals surface area contributed by atoms with Crippen LogP contribution in [0.15, 0.2) is 24.3 Å². The second kappa shape index (κ2) is 18.3. The van der Waals surface area contributed by atoms with Crippen LogP contribution in [0, 0.1) is 23.7 Å². The van der Waals surface area contributed by atoms with Gasteiger partial charge in [0.1, 0.15) is 36.6 Å². The van der Waals surface area contributed by atoms with Crippen LogP contribution in [0.3, 0.4) is 0 Å². The molecule has 3 fully saturated rings. The maximum Gasteiger partial charge on any atom is 0.330 e. The molecule has 0 bridgehead atoms. The van der Waals surface area contributed by atoms with Gasteiger partial charge in [-0.2, -0.15) is 0 Å². The number of allylic oxidation sites excluding steroid dienone is 1. The summed E-state index contributed by atoms with van der Waals surface area (Å²) in [6, 6.07) is -0.144. The van der Waals surface area contributed by atoms with Crippen molar-refractivity contribution in [3.05, 3.63) is 24.3 Å². The summed E-state index contributed by atoms with van der Waals surface area (Å²) in [6.45, 7) is 11.6. The van der Waals surface area contributed by atoms with E-state index in [1.54, 1.807) is 25.2 Å². The van der Waals surface area contributed by atoms with Crippen LogP contribution in [0.5, 0.6) is 0 Å². The van der Waals surface area contributed by atoms with Gasteiger partial charge in [-0.15, -0.1) is 0 Å². The smallest absolute Gasteiger partial charge is 0.330 e. The number of likely N-dealkylation sites (N-methyl/N-ethyl adjacent to an activating group) is 1. The fourth-order valence-corrected chi connectivity index (χ4v) is 7.64. The first-order chi connectivity index (χ1) is 23.7. The van der Waals surface area contributed by atoms with Crippen molar-refractivity contribution in [1.29, 1.82) is 0 Å². The van der Waals surface area contributed by atoms with E-state index < -0.39 is 67.2 Å². The number of carbonyl (C=O) groups is 2. The van der Waals surface area contributed by atoms with Crippen molar-refractivity contribution in [2.75, 3.05) is 34.9 Å². The molecule has 17 atom stereocenters. The van der Waals surface area contributed by atoms with Gasteiger partial charge in [0.2, 0.25) is 0 Å². The Balaban J connectivity index is 1.56. The normalized spacial score (nSPS) is 46.2. The molecule has 0 amide bonds. The number of ketones is 1. The highest BCUT2D eigenvalue weighted by Gasteiger charge is 2.50. The number of fused-ring (bicyclic) bond motifs is 1. The lowest BCUT2D eigenvalue weighted by Gasteiger charge is -2.43. The molecule has 3 saturated heterocycles. The molecule has 0 aromatic carbocycles. The molecule has 0 aromatic heterocycles. The summed E-state index contributed by atoms with van der Waals surface area (Å²) >= 11 is 0. The summed E-state index contributed by atoms with van der Waals surface area (Å²) in [5.74, 6) is -1.66. The predicted molar refractivity (Wildman–Crippen MR) is 183 cm³/mol. The van der Waals surface area contributed by atoms with Crippen LogP contribution < -0.4 is 0 Å². The van der Waals surface area contributed by atoms with Crippen molar-refractivity contribution in [3.63, 3.8) is 0 Å². The number of rotatable bonds is 9. The molecule has 0 aromatic rings. The lowest BCUT2D eigenvalue weighted by Crippen LogP contribution is -2.59. The highest BCUT2D eigenvalue weighted by Crippen LogP contribution is 2.37. The maximum absolute atomic E-state index is 13.4. The standard InChI is InChI=1S/C37H61NO12/c1-11-27-24(18-45-37-35(44-10)34(43-9)30(41)23(6)47-37)33-28(49-33)14-13-26(39)20(3)16-21(4)32(19(2)12-15-29(40)48-27)50-36-31(42)25(38(7)8)17-22(5)46-36/h12-15,19-25,27-28,30-37,41-42H,11,16-18H2,1-10H3/b14-13+,15-12+/t19-,20+,21+,22+,23+,24+,25-,27+,28+,30-,31-,32+,33+,34-,35+,36-,37+/m0/s1. The molecule has 0 saturated carbocycles. The number of nitrogens with zero attached hydrogens (tertiary/aromatic N) is 1.